The zero-order chi connectivity index (χ0) is 15.2. The first-order chi connectivity index (χ1) is 10.1. The molecule has 0 saturated heterocycles. The molecule has 21 heavy (non-hydrogen) atoms. The highest BCUT2D eigenvalue weighted by molar-refractivity contribution is 6.31. The molecule has 0 aliphatic rings. The molecule has 0 fully saturated rings. The SMILES string of the molecule is CCC(N)Cc1c(Cl)cccc1N(C)Cc1ccccn1. The van der Waals surface area contributed by atoms with Crippen LogP contribution in [0.25, 0.3) is 0 Å². The van der Waals surface area contributed by atoms with Crippen molar-refractivity contribution in [3.63, 3.8) is 0 Å². The minimum Gasteiger partial charge on any atom is -0.368 e. The number of rotatable bonds is 6. The van der Waals surface area contributed by atoms with Crippen molar-refractivity contribution in [3.8, 4) is 0 Å². The molecule has 0 aliphatic carbocycles. The number of hydrogen-bond acceptors (Lipinski definition) is 3. The number of nitrogens with zero attached hydrogens (tertiary/aromatic N) is 2. The molecule has 0 amide bonds. The Balaban J connectivity index is 2.24. The van der Waals surface area contributed by atoms with Crippen molar-refractivity contribution in [2.75, 3.05) is 11.9 Å². The van der Waals surface area contributed by atoms with Crippen molar-refractivity contribution in [2.24, 2.45) is 5.73 Å². The lowest BCUT2D eigenvalue weighted by Gasteiger charge is -2.24. The monoisotopic (exact) mass is 303 g/mol. The van der Waals surface area contributed by atoms with Crippen LogP contribution in [0.5, 0.6) is 0 Å². The highest BCUT2D eigenvalue weighted by Crippen LogP contribution is 2.29. The van der Waals surface area contributed by atoms with Gasteiger partial charge < -0.3 is 10.6 Å². The molecule has 0 bridgehead atoms. The smallest absolute Gasteiger partial charge is 0.0598 e. The van der Waals surface area contributed by atoms with E-state index in [1.54, 1.807) is 0 Å². The topological polar surface area (TPSA) is 42.1 Å². The Labute approximate surface area is 131 Å². The standard InChI is InChI=1S/C17H22ClN3/c1-3-13(19)11-15-16(18)8-6-9-17(15)21(2)12-14-7-4-5-10-20-14/h4-10,13H,3,11-12,19H2,1-2H3. The molecule has 0 saturated carbocycles. The van der Waals surface area contributed by atoms with Gasteiger partial charge in [-0.3, -0.25) is 4.98 Å². The van der Waals surface area contributed by atoms with E-state index < -0.39 is 0 Å². The van der Waals surface area contributed by atoms with E-state index in [4.69, 9.17) is 17.3 Å². The normalized spacial score (nSPS) is 12.2. The first kappa shape index (κ1) is 15.8. The third kappa shape index (κ3) is 4.19. The average Bonchev–Trinajstić information content (AvgIpc) is 2.50. The second-order valence-electron chi connectivity index (χ2n) is 5.29. The maximum Gasteiger partial charge on any atom is 0.0598 e. The molecule has 1 unspecified atom stereocenters. The predicted octanol–water partition coefficient (Wildman–Crippen LogP) is 3.65. The summed E-state index contributed by atoms with van der Waals surface area (Å²) in [4.78, 5) is 6.55. The van der Waals surface area contributed by atoms with E-state index in [-0.39, 0.29) is 6.04 Å². The Bertz CT molecular complexity index is 572. The maximum atomic E-state index is 6.38. The number of pyridine rings is 1. The molecule has 1 aromatic heterocycles. The van der Waals surface area contributed by atoms with E-state index in [0.717, 1.165) is 41.4 Å². The summed E-state index contributed by atoms with van der Waals surface area (Å²) in [5.41, 5.74) is 9.38. The quantitative estimate of drug-likeness (QED) is 0.885. The van der Waals surface area contributed by atoms with Crippen LogP contribution in [0.1, 0.15) is 24.6 Å². The second-order valence-corrected chi connectivity index (χ2v) is 5.69. The fourth-order valence-corrected chi connectivity index (χ4v) is 2.58. The summed E-state index contributed by atoms with van der Waals surface area (Å²) in [6.07, 6.45) is 3.54. The molecule has 0 spiro atoms. The third-order valence-corrected chi connectivity index (χ3v) is 3.98. The van der Waals surface area contributed by atoms with Crippen molar-refractivity contribution >= 4 is 17.3 Å². The molecule has 0 aliphatic heterocycles. The molecule has 112 valence electrons. The molecule has 1 aromatic carbocycles. The van der Waals surface area contributed by atoms with Gasteiger partial charge in [0.1, 0.15) is 0 Å². The molecule has 4 heteroatoms. The number of nitrogens with two attached hydrogens (primary N) is 1. The van der Waals surface area contributed by atoms with Crippen LogP contribution < -0.4 is 10.6 Å². The molecular formula is C17H22ClN3. The Kier molecular flexibility index (Phi) is 5.59. The summed E-state index contributed by atoms with van der Waals surface area (Å²) >= 11 is 6.38. The second kappa shape index (κ2) is 7.43. The fraction of sp³-hybridized carbons (Fsp3) is 0.353. The van der Waals surface area contributed by atoms with Gasteiger partial charge in [-0.05, 0) is 42.7 Å². The summed E-state index contributed by atoms with van der Waals surface area (Å²) < 4.78 is 0. The highest BCUT2D eigenvalue weighted by atomic mass is 35.5. The zero-order valence-electron chi connectivity index (χ0n) is 12.6. The van der Waals surface area contributed by atoms with Gasteiger partial charge in [0, 0.05) is 30.0 Å². The van der Waals surface area contributed by atoms with Crippen LogP contribution in [0.4, 0.5) is 5.69 Å². The minimum absolute atomic E-state index is 0.131. The van der Waals surface area contributed by atoms with Crippen LogP contribution in [0.2, 0.25) is 5.02 Å². The highest BCUT2D eigenvalue weighted by Gasteiger charge is 2.14. The molecule has 2 N–H and O–H groups in total. The Hall–Kier alpha value is -1.58. The van der Waals surface area contributed by atoms with Crippen LogP contribution >= 0.6 is 11.6 Å². The van der Waals surface area contributed by atoms with Gasteiger partial charge in [0.25, 0.3) is 0 Å². The zero-order valence-corrected chi connectivity index (χ0v) is 13.3. The van der Waals surface area contributed by atoms with Gasteiger partial charge in [-0.1, -0.05) is 30.7 Å². The van der Waals surface area contributed by atoms with Gasteiger partial charge in [-0.15, -0.1) is 0 Å². The predicted molar refractivity (Wildman–Crippen MR) is 89.8 cm³/mol. The van der Waals surface area contributed by atoms with Crippen molar-refractivity contribution in [2.45, 2.75) is 32.4 Å². The molecular weight excluding hydrogens is 282 g/mol. The molecule has 3 nitrogen and oxygen atoms in total. The van der Waals surface area contributed by atoms with Gasteiger partial charge in [-0.2, -0.15) is 0 Å². The first-order valence-corrected chi connectivity index (χ1v) is 7.63. The Morgan fingerprint density at radius 2 is 2.05 bits per heavy atom. The average molecular weight is 304 g/mol. The van der Waals surface area contributed by atoms with E-state index in [0.29, 0.717) is 0 Å². The largest absolute Gasteiger partial charge is 0.368 e. The fourth-order valence-electron chi connectivity index (χ4n) is 2.33. The maximum absolute atomic E-state index is 6.38. The summed E-state index contributed by atoms with van der Waals surface area (Å²) in [5.74, 6) is 0. The number of aromatic nitrogens is 1. The minimum atomic E-state index is 0.131. The van der Waals surface area contributed by atoms with Crippen LogP contribution in [-0.2, 0) is 13.0 Å². The number of anilines is 1. The van der Waals surface area contributed by atoms with Crippen molar-refractivity contribution in [1.29, 1.82) is 0 Å². The van der Waals surface area contributed by atoms with E-state index >= 15 is 0 Å². The van der Waals surface area contributed by atoms with E-state index in [1.807, 2.05) is 36.5 Å². The van der Waals surface area contributed by atoms with E-state index in [2.05, 4.69) is 29.9 Å². The van der Waals surface area contributed by atoms with Crippen LogP contribution in [0, 0.1) is 0 Å². The molecule has 2 rings (SSSR count). The summed E-state index contributed by atoms with van der Waals surface area (Å²) in [6.45, 7) is 2.84. The van der Waals surface area contributed by atoms with Gasteiger partial charge in [0.2, 0.25) is 0 Å². The van der Waals surface area contributed by atoms with Crippen LogP contribution in [0.15, 0.2) is 42.6 Å². The van der Waals surface area contributed by atoms with Gasteiger partial charge in [0.15, 0.2) is 0 Å². The molecule has 0 radical (unpaired) electrons. The van der Waals surface area contributed by atoms with Crippen LogP contribution in [-0.4, -0.2) is 18.1 Å². The van der Waals surface area contributed by atoms with Gasteiger partial charge >= 0.3 is 0 Å². The molecule has 1 atom stereocenters. The van der Waals surface area contributed by atoms with E-state index in [9.17, 15) is 0 Å². The summed E-state index contributed by atoms with van der Waals surface area (Å²) in [5, 5.41) is 0.782. The first-order valence-electron chi connectivity index (χ1n) is 7.25. The Morgan fingerprint density at radius 3 is 2.71 bits per heavy atom. The lowest BCUT2D eigenvalue weighted by Crippen LogP contribution is -2.24. The number of halogens is 1. The van der Waals surface area contributed by atoms with Gasteiger partial charge in [-0.25, -0.2) is 0 Å². The lowest BCUT2D eigenvalue weighted by atomic mass is 10.0. The number of benzene rings is 1. The van der Waals surface area contributed by atoms with Gasteiger partial charge in [0.05, 0.1) is 12.2 Å². The summed E-state index contributed by atoms with van der Waals surface area (Å²) in [6, 6.07) is 12.1. The molecule has 1 heterocycles. The lowest BCUT2D eigenvalue weighted by molar-refractivity contribution is 0.645. The summed E-state index contributed by atoms with van der Waals surface area (Å²) in [7, 11) is 2.06. The Morgan fingerprint density at radius 1 is 1.24 bits per heavy atom. The number of hydrogen-bond donors (Lipinski definition) is 1. The van der Waals surface area contributed by atoms with Crippen molar-refractivity contribution in [1.82, 2.24) is 4.98 Å². The van der Waals surface area contributed by atoms with Crippen LogP contribution in [0.3, 0.4) is 0 Å². The van der Waals surface area contributed by atoms with Crippen molar-refractivity contribution < 1.29 is 0 Å². The molecule has 2 aromatic rings. The van der Waals surface area contributed by atoms with E-state index in [1.165, 1.54) is 0 Å². The third-order valence-electron chi connectivity index (χ3n) is 3.62. The van der Waals surface area contributed by atoms with Crippen molar-refractivity contribution in [3.05, 3.63) is 58.9 Å².